The van der Waals surface area contributed by atoms with Gasteiger partial charge >= 0.3 is 0 Å². The van der Waals surface area contributed by atoms with Crippen LogP contribution in [0.2, 0.25) is 0 Å². The molecule has 1 fully saturated rings. The summed E-state index contributed by atoms with van der Waals surface area (Å²) >= 11 is 10.2. The molecule has 0 radical (unpaired) electrons. The van der Waals surface area contributed by atoms with Crippen LogP contribution in [-0.4, -0.2) is 47.6 Å². The summed E-state index contributed by atoms with van der Waals surface area (Å²) < 4.78 is 5.69. The minimum atomic E-state index is 0.232. The number of hydroxylamine groups is 2. The van der Waals surface area contributed by atoms with Gasteiger partial charge in [0.1, 0.15) is 6.10 Å². The van der Waals surface area contributed by atoms with E-state index in [1.54, 1.807) is 11.9 Å². The minimum absolute atomic E-state index is 0.232. The summed E-state index contributed by atoms with van der Waals surface area (Å²) in [6.45, 7) is 0. The lowest BCUT2D eigenvalue weighted by molar-refractivity contribution is -0.0168. The SMILES string of the molecule is CN(C)C(=S)ON(C)C(=S)OC1CCCCC1. The molecule has 0 atom stereocenters. The Morgan fingerprint density at radius 2 is 1.59 bits per heavy atom. The standard InChI is InChI=1S/C11H20N2O2S2/c1-12(2)10(16)15-13(3)11(17)14-9-7-5-4-6-8-9/h9H,4-8H2,1-3H3. The molecule has 0 aromatic carbocycles. The monoisotopic (exact) mass is 276 g/mol. The molecule has 6 heteroatoms. The Hall–Kier alpha value is -0.620. The number of rotatable bonds is 1. The second kappa shape index (κ2) is 6.96. The van der Waals surface area contributed by atoms with Gasteiger partial charge in [0.2, 0.25) is 0 Å². The summed E-state index contributed by atoms with van der Waals surface area (Å²) in [6.07, 6.45) is 6.11. The molecule has 0 unspecified atom stereocenters. The van der Waals surface area contributed by atoms with Gasteiger partial charge in [0.05, 0.1) is 0 Å². The summed E-state index contributed by atoms with van der Waals surface area (Å²) in [7, 11) is 5.35. The molecule has 0 amide bonds. The van der Waals surface area contributed by atoms with E-state index in [1.165, 1.54) is 24.3 Å². The maximum absolute atomic E-state index is 5.69. The third-order valence-electron chi connectivity index (χ3n) is 2.66. The lowest BCUT2D eigenvalue weighted by Crippen LogP contribution is -2.36. The van der Waals surface area contributed by atoms with Crippen molar-refractivity contribution in [1.82, 2.24) is 9.96 Å². The Morgan fingerprint density at radius 3 is 2.12 bits per heavy atom. The smallest absolute Gasteiger partial charge is 0.293 e. The van der Waals surface area contributed by atoms with Crippen LogP contribution in [0.3, 0.4) is 0 Å². The van der Waals surface area contributed by atoms with Crippen molar-refractivity contribution in [2.75, 3.05) is 21.1 Å². The van der Waals surface area contributed by atoms with Crippen molar-refractivity contribution in [3.63, 3.8) is 0 Å². The molecule has 0 aromatic rings. The van der Waals surface area contributed by atoms with Crippen molar-refractivity contribution in [1.29, 1.82) is 0 Å². The number of hydrogen-bond acceptors (Lipinski definition) is 4. The molecular formula is C11H20N2O2S2. The Labute approximate surface area is 114 Å². The van der Waals surface area contributed by atoms with E-state index in [0.717, 1.165) is 12.8 Å². The van der Waals surface area contributed by atoms with Gasteiger partial charge in [-0.3, -0.25) is 0 Å². The first-order valence-electron chi connectivity index (χ1n) is 5.84. The van der Waals surface area contributed by atoms with Crippen LogP contribution in [0.15, 0.2) is 0 Å². The number of ether oxygens (including phenoxy) is 1. The summed E-state index contributed by atoms with van der Waals surface area (Å²) in [5, 5.41) is 2.12. The molecule has 0 saturated heterocycles. The van der Waals surface area contributed by atoms with Gasteiger partial charge in [0.25, 0.3) is 10.3 Å². The van der Waals surface area contributed by atoms with Crippen molar-refractivity contribution in [2.45, 2.75) is 38.2 Å². The Kier molecular flexibility index (Phi) is 5.91. The van der Waals surface area contributed by atoms with Crippen LogP contribution in [0, 0.1) is 0 Å². The minimum Gasteiger partial charge on any atom is -0.466 e. The van der Waals surface area contributed by atoms with Crippen LogP contribution in [-0.2, 0) is 9.57 Å². The average Bonchev–Trinajstić information content (AvgIpc) is 2.29. The van der Waals surface area contributed by atoms with E-state index in [4.69, 9.17) is 34.0 Å². The quantitative estimate of drug-likeness (QED) is 0.538. The van der Waals surface area contributed by atoms with Crippen LogP contribution >= 0.6 is 24.4 Å². The molecule has 0 N–H and O–H groups in total. The van der Waals surface area contributed by atoms with Crippen LogP contribution in [0.25, 0.3) is 0 Å². The highest BCUT2D eigenvalue weighted by Crippen LogP contribution is 2.20. The van der Waals surface area contributed by atoms with Gasteiger partial charge in [0.15, 0.2) is 0 Å². The van der Waals surface area contributed by atoms with Crippen LogP contribution in [0.5, 0.6) is 0 Å². The molecule has 1 rings (SSSR count). The highest BCUT2D eigenvalue weighted by Gasteiger charge is 2.19. The fraction of sp³-hybridized carbons (Fsp3) is 0.818. The van der Waals surface area contributed by atoms with E-state index in [-0.39, 0.29) is 6.10 Å². The van der Waals surface area contributed by atoms with E-state index >= 15 is 0 Å². The zero-order valence-electron chi connectivity index (χ0n) is 10.6. The summed E-state index contributed by atoms with van der Waals surface area (Å²) in [6, 6.07) is 0. The van der Waals surface area contributed by atoms with Crippen LogP contribution in [0.4, 0.5) is 0 Å². The van der Waals surface area contributed by atoms with Crippen molar-refractivity contribution in [3.8, 4) is 0 Å². The normalized spacial score (nSPS) is 16.2. The Balaban J connectivity index is 2.33. The number of thiocarbonyl (C=S) groups is 2. The van der Waals surface area contributed by atoms with Crippen molar-refractivity contribution in [3.05, 3.63) is 0 Å². The van der Waals surface area contributed by atoms with E-state index in [1.807, 2.05) is 14.1 Å². The zero-order valence-corrected chi connectivity index (χ0v) is 12.3. The first-order chi connectivity index (χ1) is 8.00. The molecule has 0 bridgehead atoms. The molecule has 98 valence electrons. The molecule has 1 aliphatic carbocycles. The summed E-state index contributed by atoms with van der Waals surface area (Å²) in [5.74, 6) is 0. The molecule has 1 aliphatic rings. The molecule has 0 aromatic heterocycles. The van der Waals surface area contributed by atoms with Crippen LogP contribution < -0.4 is 0 Å². The molecule has 0 heterocycles. The lowest BCUT2D eigenvalue weighted by atomic mass is 9.98. The molecule has 0 aliphatic heterocycles. The van der Waals surface area contributed by atoms with Gasteiger partial charge in [-0.1, -0.05) is 6.42 Å². The van der Waals surface area contributed by atoms with Gasteiger partial charge in [0, 0.05) is 21.1 Å². The van der Waals surface area contributed by atoms with E-state index in [2.05, 4.69) is 0 Å². The van der Waals surface area contributed by atoms with E-state index < -0.39 is 0 Å². The third kappa shape index (κ3) is 5.04. The maximum atomic E-state index is 5.69. The lowest BCUT2D eigenvalue weighted by Gasteiger charge is -2.27. The maximum Gasteiger partial charge on any atom is 0.293 e. The molecular weight excluding hydrogens is 256 g/mol. The summed E-state index contributed by atoms with van der Waals surface area (Å²) in [4.78, 5) is 7.04. The summed E-state index contributed by atoms with van der Waals surface area (Å²) in [5.41, 5.74) is 0. The topological polar surface area (TPSA) is 24.9 Å². The first-order valence-corrected chi connectivity index (χ1v) is 6.66. The van der Waals surface area contributed by atoms with E-state index in [9.17, 15) is 0 Å². The van der Waals surface area contributed by atoms with Crippen molar-refractivity contribution < 1.29 is 9.57 Å². The highest BCUT2D eigenvalue weighted by molar-refractivity contribution is 7.80. The number of hydrogen-bond donors (Lipinski definition) is 0. The Morgan fingerprint density at radius 1 is 1.00 bits per heavy atom. The molecule has 17 heavy (non-hydrogen) atoms. The van der Waals surface area contributed by atoms with Crippen molar-refractivity contribution >= 4 is 34.8 Å². The van der Waals surface area contributed by atoms with Crippen molar-refractivity contribution in [2.24, 2.45) is 0 Å². The second-order valence-electron chi connectivity index (χ2n) is 4.39. The predicted molar refractivity (Wildman–Crippen MR) is 75.7 cm³/mol. The largest absolute Gasteiger partial charge is 0.466 e. The first kappa shape index (κ1) is 14.4. The average molecular weight is 276 g/mol. The van der Waals surface area contributed by atoms with Gasteiger partial charge in [-0.15, -0.1) is 0 Å². The van der Waals surface area contributed by atoms with Gasteiger partial charge in [-0.25, -0.2) is 0 Å². The highest BCUT2D eigenvalue weighted by atomic mass is 32.1. The van der Waals surface area contributed by atoms with Gasteiger partial charge in [-0.05, 0) is 50.1 Å². The fourth-order valence-electron chi connectivity index (χ4n) is 1.64. The van der Waals surface area contributed by atoms with Crippen LogP contribution in [0.1, 0.15) is 32.1 Å². The molecule has 1 saturated carbocycles. The zero-order chi connectivity index (χ0) is 12.8. The Bertz CT molecular complexity index is 279. The predicted octanol–water partition coefficient (Wildman–Crippen LogP) is 2.33. The number of nitrogens with zero attached hydrogens (tertiary/aromatic N) is 2. The third-order valence-corrected chi connectivity index (χ3v) is 3.45. The van der Waals surface area contributed by atoms with Gasteiger partial charge < -0.3 is 14.5 Å². The van der Waals surface area contributed by atoms with Gasteiger partial charge in [-0.2, -0.15) is 5.06 Å². The molecule has 0 spiro atoms. The van der Waals surface area contributed by atoms with E-state index in [0.29, 0.717) is 10.3 Å². The molecule has 4 nitrogen and oxygen atoms in total. The fourth-order valence-corrected chi connectivity index (χ4v) is 1.92. The second-order valence-corrected chi connectivity index (χ2v) is 5.09.